The molecule has 0 fully saturated rings. The highest BCUT2D eigenvalue weighted by atomic mass is 31.2. The summed E-state index contributed by atoms with van der Waals surface area (Å²) in [6.45, 7) is 14.1. The maximum atomic E-state index is 13.0. The molecular formula is C70H136O17P2. The molecule has 0 aromatic carbocycles. The van der Waals surface area contributed by atoms with Crippen molar-refractivity contribution in [2.75, 3.05) is 39.6 Å². The van der Waals surface area contributed by atoms with Crippen LogP contribution < -0.4 is 0 Å². The number of rotatable bonds is 67. The molecule has 0 rings (SSSR count). The smallest absolute Gasteiger partial charge is 0.462 e. The maximum Gasteiger partial charge on any atom is 0.472 e. The van der Waals surface area contributed by atoms with E-state index in [0.717, 1.165) is 108 Å². The molecule has 0 spiro atoms. The second kappa shape index (κ2) is 59.8. The molecule has 0 aliphatic carbocycles. The summed E-state index contributed by atoms with van der Waals surface area (Å²) in [5, 5.41) is 10.6. The first-order chi connectivity index (χ1) is 42.7. The number of ether oxygens (including phenoxy) is 4. The molecule has 89 heavy (non-hydrogen) atoms. The first-order valence-corrected chi connectivity index (χ1v) is 39.3. The Balaban J connectivity index is 5.23. The zero-order chi connectivity index (χ0) is 66.1. The number of unbranched alkanes of at least 4 members (excludes halogenated alkanes) is 31. The SMILES string of the molecule is CCC(C)CCCCCCCCCCCCCCCCC(=O)O[C@H](COC(=O)CCCCCCCCCCC(C)CC)COP(=O)(O)OC[C@@H](O)COP(=O)(O)OC[C@@H](COC(=O)CCCCCCCCC(C)C)OC(=O)CCCCCCCCCC(C)C. The number of carbonyl (C=O) groups is 4. The van der Waals surface area contributed by atoms with Crippen molar-refractivity contribution < 1.29 is 80.2 Å². The van der Waals surface area contributed by atoms with Crippen LogP contribution in [-0.4, -0.2) is 96.7 Å². The summed E-state index contributed by atoms with van der Waals surface area (Å²) < 4.78 is 68.2. The lowest BCUT2D eigenvalue weighted by molar-refractivity contribution is -0.161. The molecule has 0 radical (unpaired) electrons. The van der Waals surface area contributed by atoms with Crippen molar-refractivity contribution in [1.29, 1.82) is 0 Å². The summed E-state index contributed by atoms with van der Waals surface area (Å²) in [7, 11) is -9.90. The number of aliphatic hydroxyl groups excluding tert-OH is 1. The van der Waals surface area contributed by atoms with Crippen LogP contribution in [0.3, 0.4) is 0 Å². The van der Waals surface area contributed by atoms with E-state index in [2.05, 4.69) is 55.4 Å². The van der Waals surface area contributed by atoms with Gasteiger partial charge in [-0.3, -0.25) is 37.3 Å². The van der Waals surface area contributed by atoms with Crippen LogP contribution >= 0.6 is 15.6 Å². The molecule has 0 bridgehead atoms. The van der Waals surface area contributed by atoms with Gasteiger partial charge in [0.25, 0.3) is 0 Å². The van der Waals surface area contributed by atoms with E-state index >= 15 is 0 Å². The lowest BCUT2D eigenvalue weighted by atomic mass is 9.99. The fraction of sp³-hybridized carbons (Fsp3) is 0.943. The molecule has 0 saturated carbocycles. The molecule has 7 atom stereocenters. The van der Waals surface area contributed by atoms with Gasteiger partial charge in [-0.25, -0.2) is 9.13 Å². The standard InChI is InChI=1S/C70H136O17P2/c1-9-62(7)48-40-32-23-17-15-13-11-12-14-16-18-26-36-44-52-69(74)86-65(56-80-67(72)50-42-34-25-20-19-24-33-41-49-63(8)10-2)58-84-88(76,77)82-54-64(71)55-83-89(78,79)85-59-66(57-81-68(73)51-43-35-29-28-31-39-47-61(5)6)87-70(75)53-45-37-27-21-22-30-38-46-60(3)4/h60-66,71H,9-59H2,1-8H3,(H,76,77)(H,78,79)/t62?,63?,64-,65-,66-/m1/s1. The Morgan fingerprint density at radius 3 is 0.798 bits per heavy atom. The summed E-state index contributed by atoms with van der Waals surface area (Å²) >= 11 is 0. The van der Waals surface area contributed by atoms with Crippen LogP contribution in [0.5, 0.6) is 0 Å². The van der Waals surface area contributed by atoms with Gasteiger partial charge in [0.15, 0.2) is 12.2 Å². The number of phosphoric acid groups is 2. The van der Waals surface area contributed by atoms with Gasteiger partial charge < -0.3 is 33.8 Å². The minimum absolute atomic E-state index is 0.102. The Kier molecular flexibility index (Phi) is 58.5. The summed E-state index contributed by atoms with van der Waals surface area (Å²) in [5.74, 6) is 0.865. The summed E-state index contributed by atoms with van der Waals surface area (Å²) in [6.07, 6.45) is 41.9. The molecule has 0 aliphatic rings. The Morgan fingerprint density at radius 1 is 0.315 bits per heavy atom. The topological polar surface area (TPSA) is 237 Å². The van der Waals surface area contributed by atoms with E-state index in [9.17, 15) is 43.2 Å². The van der Waals surface area contributed by atoms with Crippen LogP contribution in [0.4, 0.5) is 0 Å². The first-order valence-electron chi connectivity index (χ1n) is 36.3. The molecule has 3 N–H and O–H groups in total. The second-order valence-corrected chi connectivity index (χ2v) is 29.6. The number of esters is 4. The Morgan fingerprint density at radius 2 is 0.539 bits per heavy atom. The van der Waals surface area contributed by atoms with Gasteiger partial charge in [-0.2, -0.15) is 0 Å². The number of hydrogen-bond acceptors (Lipinski definition) is 15. The minimum atomic E-state index is -4.95. The Bertz CT molecular complexity index is 1770. The van der Waals surface area contributed by atoms with Crippen LogP contribution in [0.2, 0.25) is 0 Å². The average molecular weight is 1310 g/mol. The molecule has 0 amide bonds. The van der Waals surface area contributed by atoms with E-state index in [4.69, 9.17) is 37.0 Å². The second-order valence-electron chi connectivity index (χ2n) is 26.7. The van der Waals surface area contributed by atoms with Crippen molar-refractivity contribution in [3.05, 3.63) is 0 Å². The largest absolute Gasteiger partial charge is 0.472 e. The van der Waals surface area contributed by atoms with E-state index < -0.39 is 97.5 Å². The zero-order valence-electron chi connectivity index (χ0n) is 58.1. The van der Waals surface area contributed by atoms with Crippen LogP contribution in [-0.2, 0) is 65.4 Å². The average Bonchev–Trinajstić information content (AvgIpc) is 3.71. The van der Waals surface area contributed by atoms with Crippen molar-refractivity contribution in [2.24, 2.45) is 23.7 Å². The van der Waals surface area contributed by atoms with Gasteiger partial charge in [-0.05, 0) is 49.4 Å². The summed E-state index contributed by atoms with van der Waals surface area (Å²) in [6, 6.07) is 0. The third kappa shape index (κ3) is 62.0. The van der Waals surface area contributed by atoms with Crippen molar-refractivity contribution in [1.82, 2.24) is 0 Å². The molecular weight excluding hydrogens is 1170 g/mol. The van der Waals surface area contributed by atoms with Gasteiger partial charge >= 0.3 is 39.5 Å². The Labute approximate surface area is 543 Å². The minimum Gasteiger partial charge on any atom is -0.462 e. The van der Waals surface area contributed by atoms with Crippen LogP contribution in [0.15, 0.2) is 0 Å². The third-order valence-corrected chi connectivity index (χ3v) is 18.7. The van der Waals surface area contributed by atoms with Gasteiger partial charge in [0.2, 0.25) is 0 Å². The number of aliphatic hydroxyl groups is 1. The van der Waals surface area contributed by atoms with Crippen molar-refractivity contribution >= 4 is 39.5 Å². The molecule has 0 aromatic rings. The third-order valence-electron chi connectivity index (χ3n) is 16.8. The van der Waals surface area contributed by atoms with Crippen LogP contribution in [0.25, 0.3) is 0 Å². The monoisotopic (exact) mass is 1310 g/mol. The van der Waals surface area contributed by atoms with E-state index in [1.807, 2.05) is 0 Å². The highest BCUT2D eigenvalue weighted by Crippen LogP contribution is 2.45. The highest BCUT2D eigenvalue weighted by molar-refractivity contribution is 7.47. The van der Waals surface area contributed by atoms with E-state index in [1.165, 1.54) is 141 Å². The normalized spacial score (nSPS) is 14.9. The van der Waals surface area contributed by atoms with E-state index in [0.29, 0.717) is 37.5 Å². The molecule has 0 saturated heterocycles. The molecule has 0 aromatic heterocycles. The number of hydrogen-bond donors (Lipinski definition) is 3. The summed E-state index contributed by atoms with van der Waals surface area (Å²) in [4.78, 5) is 72.5. The quantitative estimate of drug-likeness (QED) is 0.0222. The molecule has 4 unspecified atom stereocenters. The Hall–Kier alpha value is -1.94. The number of carbonyl (C=O) groups excluding carboxylic acids is 4. The fourth-order valence-electron chi connectivity index (χ4n) is 10.4. The van der Waals surface area contributed by atoms with E-state index in [1.54, 1.807) is 0 Å². The van der Waals surface area contributed by atoms with Crippen molar-refractivity contribution in [3.63, 3.8) is 0 Å². The first kappa shape index (κ1) is 87.1. The number of phosphoric ester groups is 2. The molecule has 0 heterocycles. The predicted molar refractivity (Wildman–Crippen MR) is 358 cm³/mol. The predicted octanol–water partition coefficient (Wildman–Crippen LogP) is 19.7. The molecule has 528 valence electrons. The van der Waals surface area contributed by atoms with Gasteiger partial charge in [-0.1, -0.05) is 293 Å². The molecule has 0 aliphatic heterocycles. The van der Waals surface area contributed by atoms with E-state index in [-0.39, 0.29) is 25.7 Å². The van der Waals surface area contributed by atoms with Gasteiger partial charge in [0, 0.05) is 25.7 Å². The maximum absolute atomic E-state index is 13.0. The lowest BCUT2D eigenvalue weighted by Crippen LogP contribution is -2.30. The zero-order valence-corrected chi connectivity index (χ0v) is 59.8. The molecule has 17 nitrogen and oxygen atoms in total. The van der Waals surface area contributed by atoms with Crippen molar-refractivity contribution in [3.8, 4) is 0 Å². The van der Waals surface area contributed by atoms with Gasteiger partial charge in [-0.15, -0.1) is 0 Å². The fourth-order valence-corrected chi connectivity index (χ4v) is 12.0. The highest BCUT2D eigenvalue weighted by Gasteiger charge is 2.30. The molecule has 19 heteroatoms. The van der Waals surface area contributed by atoms with Crippen LogP contribution in [0.1, 0.15) is 344 Å². The summed E-state index contributed by atoms with van der Waals surface area (Å²) in [5.41, 5.74) is 0. The van der Waals surface area contributed by atoms with Gasteiger partial charge in [0.05, 0.1) is 26.4 Å². The van der Waals surface area contributed by atoms with Crippen molar-refractivity contribution in [2.45, 2.75) is 363 Å². The lowest BCUT2D eigenvalue weighted by Gasteiger charge is -2.21. The van der Waals surface area contributed by atoms with Crippen LogP contribution in [0, 0.1) is 23.7 Å². The van der Waals surface area contributed by atoms with Gasteiger partial charge in [0.1, 0.15) is 19.3 Å².